The molecule has 4 heterocycles. The molecule has 4 aromatic heterocycles. The normalized spacial score (nSPS) is 11.1. The number of anilines is 3. The molecule has 32 heavy (non-hydrogen) atoms. The van der Waals surface area contributed by atoms with Gasteiger partial charge in [-0.2, -0.15) is 10.2 Å². The number of carbonyl (C=O) groups is 1. The van der Waals surface area contributed by atoms with Crippen molar-refractivity contribution in [1.29, 1.82) is 0 Å². The molecule has 0 atom stereocenters. The number of aryl methyl sites for hydroxylation is 2. The van der Waals surface area contributed by atoms with Gasteiger partial charge in [0.05, 0.1) is 17.6 Å². The molecule has 5 aromatic rings. The fraction of sp³-hybridized carbons (Fsp3) is 0.136. The third kappa shape index (κ3) is 4.06. The molecule has 1 amide bonds. The van der Waals surface area contributed by atoms with Gasteiger partial charge in [-0.25, -0.2) is 9.97 Å². The van der Waals surface area contributed by atoms with E-state index in [0.717, 1.165) is 28.3 Å². The van der Waals surface area contributed by atoms with Gasteiger partial charge in [0.2, 0.25) is 11.9 Å². The second-order valence-corrected chi connectivity index (χ2v) is 7.48. The number of carbonyl (C=O) groups excluding carboxylic acids is 1. The summed E-state index contributed by atoms with van der Waals surface area (Å²) in [7, 11) is 0. The molecule has 0 saturated heterocycles. The predicted molar refractivity (Wildman–Crippen MR) is 121 cm³/mol. The summed E-state index contributed by atoms with van der Waals surface area (Å²) >= 11 is 0. The Hall–Kier alpha value is -4.47. The van der Waals surface area contributed by atoms with Crippen LogP contribution in [0.5, 0.6) is 0 Å². The average Bonchev–Trinajstić information content (AvgIpc) is 3.48. The summed E-state index contributed by atoms with van der Waals surface area (Å²) in [6.07, 6.45) is 5.39. The molecular weight excluding hydrogens is 406 g/mol. The van der Waals surface area contributed by atoms with Gasteiger partial charge in [0.25, 0.3) is 0 Å². The Kier molecular flexibility index (Phi) is 4.86. The third-order valence-corrected chi connectivity index (χ3v) is 4.81. The second-order valence-electron chi connectivity index (χ2n) is 7.48. The maximum Gasteiger partial charge on any atom is 0.246 e. The van der Waals surface area contributed by atoms with Crippen LogP contribution in [-0.4, -0.2) is 40.3 Å². The Morgan fingerprint density at radius 3 is 2.72 bits per heavy atom. The van der Waals surface area contributed by atoms with Crippen molar-refractivity contribution in [3.05, 3.63) is 72.4 Å². The van der Waals surface area contributed by atoms with Crippen LogP contribution < -0.4 is 10.6 Å². The molecule has 1 aromatic carbocycles. The second kappa shape index (κ2) is 7.99. The molecule has 0 fully saturated rings. The van der Waals surface area contributed by atoms with Crippen molar-refractivity contribution in [2.45, 2.75) is 20.4 Å². The SMILES string of the molecule is Cc1cn2c(Nc3cc(C)[nH]n3)nc(-c3cnn(CC(=O)Nc4ccccc4)c3)cc2n1. The Balaban J connectivity index is 1.41. The lowest BCUT2D eigenvalue weighted by Gasteiger charge is -2.08. The van der Waals surface area contributed by atoms with Crippen LogP contribution in [0.4, 0.5) is 17.5 Å². The largest absolute Gasteiger partial charge is 0.324 e. The molecule has 0 aliphatic rings. The zero-order chi connectivity index (χ0) is 22.1. The van der Waals surface area contributed by atoms with Gasteiger partial charge in [-0.05, 0) is 26.0 Å². The van der Waals surface area contributed by atoms with Crippen LogP contribution in [0, 0.1) is 13.8 Å². The van der Waals surface area contributed by atoms with Crippen LogP contribution in [0.1, 0.15) is 11.4 Å². The molecule has 5 rings (SSSR count). The van der Waals surface area contributed by atoms with E-state index in [0.29, 0.717) is 17.5 Å². The molecule has 0 radical (unpaired) electrons. The minimum Gasteiger partial charge on any atom is -0.324 e. The number of amides is 1. The molecule has 10 heteroatoms. The lowest BCUT2D eigenvalue weighted by atomic mass is 10.2. The number of fused-ring (bicyclic) bond motifs is 1. The van der Waals surface area contributed by atoms with E-state index in [1.54, 1.807) is 17.1 Å². The van der Waals surface area contributed by atoms with Gasteiger partial charge in [0, 0.05) is 41.5 Å². The number of benzene rings is 1. The Morgan fingerprint density at radius 1 is 1.09 bits per heavy atom. The van der Waals surface area contributed by atoms with Gasteiger partial charge in [0.1, 0.15) is 12.2 Å². The first-order chi connectivity index (χ1) is 15.5. The molecular formula is C22H21N9O. The maximum absolute atomic E-state index is 12.3. The van der Waals surface area contributed by atoms with Gasteiger partial charge >= 0.3 is 0 Å². The number of hydrogen-bond donors (Lipinski definition) is 3. The van der Waals surface area contributed by atoms with E-state index in [1.807, 2.05) is 66.9 Å². The number of imidazole rings is 1. The molecule has 0 unspecified atom stereocenters. The summed E-state index contributed by atoms with van der Waals surface area (Å²) in [5.41, 5.74) is 4.78. The number of nitrogens with one attached hydrogen (secondary N) is 3. The summed E-state index contributed by atoms with van der Waals surface area (Å²) < 4.78 is 3.46. The highest BCUT2D eigenvalue weighted by atomic mass is 16.2. The smallest absolute Gasteiger partial charge is 0.246 e. The van der Waals surface area contributed by atoms with Crippen LogP contribution >= 0.6 is 0 Å². The number of rotatable bonds is 6. The molecule has 0 aliphatic carbocycles. The molecule has 3 N–H and O–H groups in total. The number of nitrogens with zero attached hydrogens (tertiary/aromatic N) is 6. The van der Waals surface area contributed by atoms with Crippen molar-refractivity contribution < 1.29 is 4.79 Å². The number of aromatic amines is 1. The van der Waals surface area contributed by atoms with E-state index in [1.165, 1.54) is 0 Å². The fourth-order valence-electron chi connectivity index (χ4n) is 3.39. The number of H-pyrrole nitrogens is 1. The summed E-state index contributed by atoms with van der Waals surface area (Å²) in [6.45, 7) is 3.96. The maximum atomic E-state index is 12.3. The standard InChI is InChI=1S/C22H21N9O/c1-14-8-19(29-28-14)27-22-26-18(9-20-24-15(2)11-31(20)22)16-10-23-30(12-16)13-21(32)25-17-6-4-3-5-7-17/h3-12H,13H2,1-2H3,(H,25,32)(H2,26,27,28,29). The number of hydrogen-bond acceptors (Lipinski definition) is 6. The van der Waals surface area contributed by atoms with E-state index in [2.05, 4.69) is 30.9 Å². The van der Waals surface area contributed by atoms with Crippen LogP contribution in [0.25, 0.3) is 16.9 Å². The molecule has 160 valence electrons. The van der Waals surface area contributed by atoms with E-state index < -0.39 is 0 Å². The Morgan fingerprint density at radius 2 is 1.94 bits per heavy atom. The Labute approximate surface area is 183 Å². The predicted octanol–water partition coefficient (Wildman–Crippen LogP) is 3.32. The van der Waals surface area contributed by atoms with Gasteiger partial charge in [-0.15, -0.1) is 0 Å². The zero-order valence-electron chi connectivity index (χ0n) is 17.6. The van der Waals surface area contributed by atoms with Gasteiger partial charge in [0.15, 0.2) is 5.82 Å². The van der Waals surface area contributed by atoms with Crippen molar-refractivity contribution in [2.24, 2.45) is 0 Å². The zero-order valence-corrected chi connectivity index (χ0v) is 17.6. The fourth-order valence-corrected chi connectivity index (χ4v) is 3.39. The van der Waals surface area contributed by atoms with Crippen LogP contribution in [-0.2, 0) is 11.3 Å². The highest BCUT2D eigenvalue weighted by Crippen LogP contribution is 2.23. The quantitative estimate of drug-likeness (QED) is 0.383. The van der Waals surface area contributed by atoms with Gasteiger partial charge < -0.3 is 10.6 Å². The van der Waals surface area contributed by atoms with E-state index >= 15 is 0 Å². The van der Waals surface area contributed by atoms with Crippen LogP contribution in [0.15, 0.2) is 61.1 Å². The lowest BCUT2D eigenvalue weighted by molar-refractivity contribution is -0.116. The van der Waals surface area contributed by atoms with E-state index in [4.69, 9.17) is 4.98 Å². The number of para-hydroxylation sites is 1. The topological polar surface area (TPSA) is 118 Å². The Bertz CT molecular complexity index is 1400. The summed E-state index contributed by atoms with van der Waals surface area (Å²) in [5.74, 6) is 1.08. The summed E-state index contributed by atoms with van der Waals surface area (Å²) in [6, 6.07) is 13.1. The average molecular weight is 427 g/mol. The van der Waals surface area contributed by atoms with Crippen molar-refractivity contribution in [3.63, 3.8) is 0 Å². The minimum atomic E-state index is -0.158. The van der Waals surface area contributed by atoms with E-state index in [-0.39, 0.29) is 12.5 Å². The molecule has 0 aliphatic heterocycles. The highest BCUT2D eigenvalue weighted by molar-refractivity contribution is 5.90. The summed E-state index contributed by atoms with van der Waals surface area (Å²) in [4.78, 5) is 21.7. The first-order valence-electron chi connectivity index (χ1n) is 10.1. The van der Waals surface area contributed by atoms with E-state index in [9.17, 15) is 4.79 Å². The van der Waals surface area contributed by atoms with Crippen molar-refractivity contribution in [3.8, 4) is 11.3 Å². The van der Waals surface area contributed by atoms with Crippen molar-refractivity contribution in [1.82, 2.24) is 34.3 Å². The minimum absolute atomic E-state index is 0.0945. The van der Waals surface area contributed by atoms with Crippen LogP contribution in [0.2, 0.25) is 0 Å². The molecule has 0 saturated carbocycles. The molecule has 10 nitrogen and oxygen atoms in total. The first-order valence-corrected chi connectivity index (χ1v) is 10.1. The number of aromatic nitrogens is 7. The third-order valence-electron chi connectivity index (χ3n) is 4.81. The molecule has 0 bridgehead atoms. The van der Waals surface area contributed by atoms with Gasteiger partial charge in [-0.3, -0.25) is 19.0 Å². The van der Waals surface area contributed by atoms with Gasteiger partial charge in [-0.1, -0.05) is 18.2 Å². The lowest BCUT2D eigenvalue weighted by Crippen LogP contribution is -2.18. The molecule has 0 spiro atoms. The monoisotopic (exact) mass is 427 g/mol. The first kappa shape index (κ1) is 19.5. The highest BCUT2D eigenvalue weighted by Gasteiger charge is 2.13. The van der Waals surface area contributed by atoms with Crippen molar-refractivity contribution in [2.75, 3.05) is 10.6 Å². The van der Waals surface area contributed by atoms with Crippen LogP contribution in [0.3, 0.4) is 0 Å². The van der Waals surface area contributed by atoms with Crippen molar-refractivity contribution >= 4 is 29.0 Å². The summed E-state index contributed by atoms with van der Waals surface area (Å²) in [5, 5.41) is 17.6.